The molecule has 1 saturated heterocycles. The minimum absolute atomic E-state index is 0.204. The highest BCUT2D eigenvalue weighted by molar-refractivity contribution is 7.89. The molecule has 0 saturated carbocycles. The molecule has 3 aromatic rings. The molecule has 1 aliphatic heterocycles. The van der Waals surface area contributed by atoms with Crippen LogP contribution >= 0.6 is 11.3 Å². The number of aryl methyl sites for hydroxylation is 3. The van der Waals surface area contributed by atoms with Crippen molar-refractivity contribution in [2.75, 3.05) is 38.6 Å². The Bertz CT molecular complexity index is 1260. The minimum Gasteiger partial charge on any atom is -0.308 e. The van der Waals surface area contributed by atoms with Gasteiger partial charge in [0, 0.05) is 19.6 Å². The molecule has 2 heterocycles. The van der Waals surface area contributed by atoms with Crippen LogP contribution < -0.4 is 4.90 Å². The Balaban J connectivity index is 1.70. The highest BCUT2D eigenvalue weighted by Gasteiger charge is 2.42. The molecule has 1 fully saturated rings. The van der Waals surface area contributed by atoms with Gasteiger partial charge in [0.05, 0.1) is 15.1 Å². The number of thiazole rings is 1. The fraction of sp³-hybridized carbons (Fsp3) is 0.440. The first kappa shape index (κ1) is 24.8. The second kappa shape index (κ2) is 9.73. The molecule has 0 N–H and O–H groups in total. The summed E-state index contributed by atoms with van der Waals surface area (Å²) in [6.45, 7) is 7.41. The molecule has 4 rings (SSSR count). The summed E-state index contributed by atoms with van der Waals surface area (Å²) in [5.74, 6) is -0.204. The number of aromatic nitrogens is 1. The second-order valence-electron chi connectivity index (χ2n) is 9.25. The van der Waals surface area contributed by atoms with Crippen LogP contribution in [0.25, 0.3) is 10.2 Å². The number of anilines is 1. The van der Waals surface area contributed by atoms with Gasteiger partial charge in [-0.2, -0.15) is 4.31 Å². The van der Waals surface area contributed by atoms with Crippen molar-refractivity contribution in [2.24, 2.45) is 0 Å². The van der Waals surface area contributed by atoms with Gasteiger partial charge in [-0.05, 0) is 71.0 Å². The standard InChI is InChI=1S/C25H32N4O3S2/c1-17-8-12-20(13-9-17)34(31,32)29-14-6-7-21(29)24(30)28(16-15-27(4)5)25-26-22-18(2)10-11-19(3)23(22)33-25/h8-13,21H,6-7,14-16H2,1-5H3. The van der Waals surface area contributed by atoms with Crippen LogP contribution in [0.3, 0.4) is 0 Å². The molecule has 7 nitrogen and oxygen atoms in total. The summed E-state index contributed by atoms with van der Waals surface area (Å²) < 4.78 is 29.3. The molecule has 1 unspecified atom stereocenters. The molecular weight excluding hydrogens is 468 g/mol. The lowest BCUT2D eigenvalue weighted by Gasteiger charge is -2.29. The van der Waals surface area contributed by atoms with Crippen LogP contribution in [0, 0.1) is 20.8 Å². The summed E-state index contributed by atoms with van der Waals surface area (Å²) in [7, 11) is 0.138. The topological polar surface area (TPSA) is 73.8 Å². The van der Waals surface area contributed by atoms with E-state index in [9.17, 15) is 13.2 Å². The quantitative estimate of drug-likeness (QED) is 0.491. The fourth-order valence-electron chi connectivity index (χ4n) is 4.26. The Labute approximate surface area is 206 Å². The number of carbonyl (C=O) groups excluding carboxylic acids is 1. The van der Waals surface area contributed by atoms with Crippen molar-refractivity contribution in [3.05, 3.63) is 53.1 Å². The van der Waals surface area contributed by atoms with Gasteiger partial charge in [0.25, 0.3) is 0 Å². The van der Waals surface area contributed by atoms with E-state index in [1.807, 2.05) is 45.8 Å². The van der Waals surface area contributed by atoms with Crippen LogP contribution in [0.1, 0.15) is 29.5 Å². The van der Waals surface area contributed by atoms with Gasteiger partial charge in [-0.1, -0.05) is 41.2 Å². The van der Waals surface area contributed by atoms with E-state index in [0.717, 1.165) is 26.9 Å². The lowest BCUT2D eigenvalue weighted by atomic mass is 10.1. The van der Waals surface area contributed by atoms with Crippen LogP contribution in [-0.2, 0) is 14.8 Å². The van der Waals surface area contributed by atoms with E-state index in [-0.39, 0.29) is 10.8 Å². The summed E-state index contributed by atoms with van der Waals surface area (Å²) in [4.78, 5) is 22.7. The molecule has 1 atom stereocenters. The van der Waals surface area contributed by atoms with E-state index >= 15 is 0 Å². The third-order valence-corrected chi connectivity index (χ3v) is 9.45. The van der Waals surface area contributed by atoms with Crippen LogP contribution in [-0.4, -0.2) is 68.3 Å². The smallest absolute Gasteiger partial charge is 0.247 e. The molecule has 0 radical (unpaired) electrons. The average Bonchev–Trinajstić information content (AvgIpc) is 3.45. The molecule has 34 heavy (non-hydrogen) atoms. The molecule has 1 aliphatic rings. The SMILES string of the molecule is Cc1ccc(S(=O)(=O)N2CCCC2C(=O)N(CCN(C)C)c2nc3c(C)ccc(C)c3s2)cc1. The lowest BCUT2D eigenvalue weighted by Crippen LogP contribution is -2.49. The van der Waals surface area contributed by atoms with E-state index in [2.05, 4.69) is 6.07 Å². The van der Waals surface area contributed by atoms with Crippen molar-refractivity contribution < 1.29 is 13.2 Å². The highest BCUT2D eigenvalue weighted by atomic mass is 32.2. The third-order valence-electron chi connectivity index (χ3n) is 6.31. The van der Waals surface area contributed by atoms with E-state index in [1.54, 1.807) is 29.2 Å². The summed E-state index contributed by atoms with van der Waals surface area (Å²) in [6, 6.07) is 10.2. The van der Waals surface area contributed by atoms with Gasteiger partial charge < -0.3 is 4.90 Å². The number of amides is 1. The minimum atomic E-state index is -3.78. The van der Waals surface area contributed by atoms with Crippen molar-refractivity contribution in [3.8, 4) is 0 Å². The number of fused-ring (bicyclic) bond motifs is 1. The number of hydrogen-bond donors (Lipinski definition) is 0. The van der Waals surface area contributed by atoms with Gasteiger partial charge in [-0.25, -0.2) is 13.4 Å². The van der Waals surface area contributed by atoms with Crippen molar-refractivity contribution in [1.82, 2.24) is 14.2 Å². The van der Waals surface area contributed by atoms with Gasteiger partial charge in [0.15, 0.2) is 5.13 Å². The van der Waals surface area contributed by atoms with Crippen molar-refractivity contribution in [3.63, 3.8) is 0 Å². The van der Waals surface area contributed by atoms with Crippen LogP contribution in [0.5, 0.6) is 0 Å². The van der Waals surface area contributed by atoms with E-state index in [0.29, 0.717) is 37.6 Å². The monoisotopic (exact) mass is 500 g/mol. The number of likely N-dealkylation sites (N-methyl/N-ethyl adjacent to an activating group) is 1. The largest absolute Gasteiger partial charge is 0.308 e. The second-order valence-corrected chi connectivity index (χ2v) is 12.1. The Morgan fingerprint density at radius 1 is 1.06 bits per heavy atom. The number of benzene rings is 2. The summed E-state index contributed by atoms with van der Waals surface area (Å²) in [5.41, 5.74) is 4.07. The molecule has 9 heteroatoms. The van der Waals surface area contributed by atoms with Gasteiger partial charge in [0.2, 0.25) is 15.9 Å². The number of rotatable bonds is 7. The molecular formula is C25H32N4O3S2. The maximum Gasteiger partial charge on any atom is 0.247 e. The Morgan fingerprint density at radius 3 is 2.38 bits per heavy atom. The van der Waals surface area contributed by atoms with E-state index < -0.39 is 16.1 Å². The third kappa shape index (κ3) is 4.75. The zero-order chi connectivity index (χ0) is 24.6. The van der Waals surface area contributed by atoms with E-state index in [4.69, 9.17) is 4.98 Å². The van der Waals surface area contributed by atoms with Gasteiger partial charge in [-0.3, -0.25) is 9.69 Å². The predicted molar refractivity (Wildman–Crippen MR) is 138 cm³/mol. The first-order valence-corrected chi connectivity index (χ1v) is 13.8. The molecule has 0 spiro atoms. The number of sulfonamides is 1. The maximum atomic E-state index is 13.9. The Morgan fingerprint density at radius 2 is 1.74 bits per heavy atom. The Hall–Kier alpha value is -2.33. The Kier molecular flexibility index (Phi) is 7.09. The first-order chi connectivity index (χ1) is 16.1. The normalized spacial score (nSPS) is 17.1. The van der Waals surface area contributed by atoms with Crippen LogP contribution in [0.2, 0.25) is 0 Å². The molecule has 182 valence electrons. The molecule has 0 bridgehead atoms. The van der Waals surface area contributed by atoms with Crippen LogP contribution in [0.15, 0.2) is 41.3 Å². The summed E-state index contributed by atoms with van der Waals surface area (Å²) >= 11 is 1.50. The highest BCUT2D eigenvalue weighted by Crippen LogP contribution is 2.35. The van der Waals surface area contributed by atoms with Crippen LogP contribution in [0.4, 0.5) is 5.13 Å². The number of carbonyl (C=O) groups is 1. The van der Waals surface area contributed by atoms with Crippen molar-refractivity contribution >= 4 is 42.6 Å². The lowest BCUT2D eigenvalue weighted by molar-refractivity contribution is -0.121. The van der Waals surface area contributed by atoms with Crippen molar-refractivity contribution in [1.29, 1.82) is 0 Å². The summed E-state index contributed by atoms with van der Waals surface area (Å²) in [5, 5.41) is 0.624. The van der Waals surface area contributed by atoms with Crippen molar-refractivity contribution in [2.45, 2.75) is 44.6 Å². The van der Waals surface area contributed by atoms with E-state index in [1.165, 1.54) is 15.6 Å². The molecule has 1 aromatic heterocycles. The maximum absolute atomic E-state index is 13.9. The first-order valence-electron chi connectivity index (χ1n) is 11.5. The zero-order valence-corrected chi connectivity index (χ0v) is 22.0. The molecule has 1 amide bonds. The number of nitrogens with zero attached hydrogens (tertiary/aromatic N) is 4. The molecule has 2 aromatic carbocycles. The number of hydrogen-bond acceptors (Lipinski definition) is 6. The summed E-state index contributed by atoms with van der Waals surface area (Å²) in [6.07, 6.45) is 1.16. The zero-order valence-electron chi connectivity index (χ0n) is 20.4. The van der Waals surface area contributed by atoms with Gasteiger partial charge in [0.1, 0.15) is 6.04 Å². The average molecular weight is 501 g/mol. The van der Waals surface area contributed by atoms with Gasteiger partial charge >= 0.3 is 0 Å². The predicted octanol–water partition coefficient (Wildman–Crippen LogP) is 3.97. The molecule has 0 aliphatic carbocycles. The fourth-order valence-corrected chi connectivity index (χ4v) is 7.06. The van der Waals surface area contributed by atoms with Gasteiger partial charge in [-0.15, -0.1) is 0 Å².